The van der Waals surface area contributed by atoms with Crippen molar-refractivity contribution in [2.45, 2.75) is 11.3 Å². The lowest BCUT2D eigenvalue weighted by Crippen LogP contribution is -2.13. The molecule has 0 saturated carbocycles. The van der Waals surface area contributed by atoms with Gasteiger partial charge in [-0.1, -0.05) is 11.8 Å². The highest BCUT2D eigenvalue weighted by molar-refractivity contribution is 8.01. The van der Waals surface area contributed by atoms with E-state index in [0.29, 0.717) is 35.0 Å². The van der Waals surface area contributed by atoms with Crippen LogP contribution in [0.1, 0.15) is 17.3 Å². The number of benzene rings is 3. The average Bonchev–Trinajstić information content (AvgIpc) is 3.30. The lowest BCUT2D eigenvalue weighted by Gasteiger charge is -2.10. The molecule has 4 rings (SSSR count). The van der Waals surface area contributed by atoms with Crippen molar-refractivity contribution in [1.82, 2.24) is 4.98 Å². The number of ether oxygens (including phenoxy) is 3. The zero-order chi connectivity index (χ0) is 25.5. The second-order valence-corrected chi connectivity index (χ2v) is 9.73. The Bertz CT molecular complexity index is 1370. The number of nitrogens with one attached hydrogen (secondary N) is 2. The van der Waals surface area contributed by atoms with Crippen molar-refractivity contribution in [3.63, 3.8) is 0 Å². The van der Waals surface area contributed by atoms with E-state index < -0.39 is 0 Å². The number of amides is 2. The predicted octanol–water partition coefficient (Wildman–Crippen LogP) is 5.70. The maximum Gasteiger partial charge on any atom is 0.255 e. The summed E-state index contributed by atoms with van der Waals surface area (Å²) < 4.78 is 17.6. The minimum Gasteiger partial charge on any atom is -0.494 e. The number of nitrogens with zero attached hydrogens (tertiary/aromatic N) is 1. The maximum absolute atomic E-state index is 12.7. The van der Waals surface area contributed by atoms with Crippen molar-refractivity contribution in [2.75, 3.05) is 37.2 Å². The van der Waals surface area contributed by atoms with E-state index in [9.17, 15) is 9.59 Å². The third kappa shape index (κ3) is 6.27. The van der Waals surface area contributed by atoms with E-state index in [1.54, 1.807) is 31.4 Å². The molecular formula is C26H25N3O5S2. The maximum atomic E-state index is 12.7. The molecule has 0 atom stereocenters. The Morgan fingerprint density at radius 2 is 1.67 bits per heavy atom. The molecule has 0 aliphatic rings. The summed E-state index contributed by atoms with van der Waals surface area (Å²) in [5, 5.41) is 5.78. The first-order chi connectivity index (χ1) is 17.5. The number of fused-ring (bicyclic) bond motifs is 1. The summed E-state index contributed by atoms with van der Waals surface area (Å²) >= 11 is 2.84. The third-order valence-electron chi connectivity index (χ3n) is 5.05. The van der Waals surface area contributed by atoms with Gasteiger partial charge < -0.3 is 24.8 Å². The van der Waals surface area contributed by atoms with Gasteiger partial charge in [0.2, 0.25) is 5.91 Å². The number of carbonyl (C=O) groups excluding carboxylic acids is 2. The van der Waals surface area contributed by atoms with Crippen molar-refractivity contribution in [1.29, 1.82) is 0 Å². The number of hydrogen-bond acceptors (Lipinski definition) is 8. The number of carbonyl (C=O) groups is 2. The third-order valence-corrected chi connectivity index (χ3v) is 7.21. The summed E-state index contributed by atoms with van der Waals surface area (Å²) in [4.78, 5) is 29.7. The SMILES string of the molecule is CCOc1ccc(NC(=O)CSc2nc3ccc(NC(=O)c4ccc(OC)c(OC)c4)cc3s2)cc1. The highest BCUT2D eigenvalue weighted by Gasteiger charge is 2.13. The van der Waals surface area contributed by atoms with Crippen LogP contribution in [0.3, 0.4) is 0 Å². The summed E-state index contributed by atoms with van der Waals surface area (Å²) in [6.07, 6.45) is 0. The molecule has 8 nitrogen and oxygen atoms in total. The summed E-state index contributed by atoms with van der Waals surface area (Å²) in [6.45, 7) is 2.52. The number of anilines is 2. The van der Waals surface area contributed by atoms with Crippen LogP contribution in [0.5, 0.6) is 17.2 Å². The van der Waals surface area contributed by atoms with Gasteiger partial charge in [0, 0.05) is 16.9 Å². The molecule has 3 aromatic carbocycles. The number of aromatic nitrogens is 1. The first-order valence-corrected chi connectivity index (χ1v) is 12.9. The first kappa shape index (κ1) is 25.3. The molecule has 1 heterocycles. The summed E-state index contributed by atoms with van der Waals surface area (Å²) in [5.74, 6) is 1.65. The van der Waals surface area contributed by atoms with Gasteiger partial charge in [-0.3, -0.25) is 9.59 Å². The van der Waals surface area contributed by atoms with Crippen LogP contribution in [0, 0.1) is 0 Å². The number of methoxy groups -OCH3 is 2. The minimum atomic E-state index is -0.264. The molecule has 0 bridgehead atoms. The van der Waals surface area contributed by atoms with Gasteiger partial charge in [0.25, 0.3) is 5.91 Å². The number of thioether (sulfide) groups is 1. The molecule has 1 aromatic heterocycles. The smallest absolute Gasteiger partial charge is 0.255 e. The molecule has 0 aliphatic carbocycles. The Balaban J connectivity index is 1.36. The van der Waals surface area contributed by atoms with Crippen LogP contribution in [0.2, 0.25) is 0 Å². The summed E-state index contributed by atoms with van der Waals surface area (Å²) in [6, 6.07) is 17.8. The standard InChI is InChI=1S/C26H25N3O5S2/c1-4-34-19-9-6-17(7-10-19)27-24(30)15-35-26-29-20-11-8-18(14-23(20)36-26)28-25(31)16-5-12-21(32-2)22(13-16)33-3/h5-14H,4,15H2,1-3H3,(H,27,30)(H,28,31). The molecular weight excluding hydrogens is 498 g/mol. The fraction of sp³-hybridized carbons (Fsp3) is 0.192. The van der Waals surface area contributed by atoms with Crippen molar-refractivity contribution in [3.8, 4) is 17.2 Å². The Morgan fingerprint density at radius 1 is 0.917 bits per heavy atom. The molecule has 2 N–H and O–H groups in total. The highest BCUT2D eigenvalue weighted by atomic mass is 32.2. The highest BCUT2D eigenvalue weighted by Crippen LogP contribution is 2.32. The molecule has 4 aromatic rings. The van der Waals surface area contributed by atoms with Crippen molar-refractivity contribution >= 4 is 56.5 Å². The molecule has 0 fully saturated rings. The fourth-order valence-corrected chi connectivity index (χ4v) is 5.26. The van der Waals surface area contributed by atoms with E-state index in [1.165, 1.54) is 30.2 Å². The fourth-order valence-electron chi connectivity index (χ4n) is 3.35. The molecule has 2 amide bonds. The lowest BCUT2D eigenvalue weighted by molar-refractivity contribution is -0.113. The van der Waals surface area contributed by atoms with Gasteiger partial charge in [-0.15, -0.1) is 11.3 Å². The van der Waals surface area contributed by atoms with Crippen LogP contribution in [-0.4, -0.2) is 43.4 Å². The average molecular weight is 524 g/mol. The van der Waals surface area contributed by atoms with Gasteiger partial charge in [-0.2, -0.15) is 0 Å². The normalized spacial score (nSPS) is 10.6. The van der Waals surface area contributed by atoms with E-state index in [2.05, 4.69) is 15.6 Å². The summed E-state index contributed by atoms with van der Waals surface area (Å²) in [7, 11) is 3.07. The number of hydrogen-bond donors (Lipinski definition) is 2. The zero-order valence-electron chi connectivity index (χ0n) is 20.0. The molecule has 36 heavy (non-hydrogen) atoms. The summed E-state index contributed by atoms with van der Waals surface area (Å²) in [5.41, 5.74) is 2.62. The van der Waals surface area contributed by atoms with Crippen LogP contribution >= 0.6 is 23.1 Å². The van der Waals surface area contributed by atoms with E-state index in [0.717, 1.165) is 20.3 Å². The van der Waals surface area contributed by atoms with Crippen LogP contribution < -0.4 is 24.8 Å². The van der Waals surface area contributed by atoms with Gasteiger partial charge >= 0.3 is 0 Å². The zero-order valence-corrected chi connectivity index (χ0v) is 21.6. The Kier molecular flexibility index (Phi) is 8.29. The Labute approximate surface area is 217 Å². The molecule has 186 valence electrons. The molecule has 0 unspecified atom stereocenters. The van der Waals surface area contributed by atoms with Crippen LogP contribution in [-0.2, 0) is 4.79 Å². The Morgan fingerprint density at radius 3 is 2.39 bits per heavy atom. The van der Waals surface area contributed by atoms with E-state index in [-0.39, 0.29) is 17.6 Å². The lowest BCUT2D eigenvalue weighted by atomic mass is 10.2. The quantitative estimate of drug-likeness (QED) is 0.258. The topological polar surface area (TPSA) is 98.8 Å². The second kappa shape index (κ2) is 11.8. The van der Waals surface area contributed by atoms with Crippen molar-refractivity contribution in [3.05, 3.63) is 66.2 Å². The van der Waals surface area contributed by atoms with Crippen LogP contribution in [0.4, 0.5) is 11.4 Å². The van der Waals surface area contributed by atoms with Crippen molar-refractivity contribution in [2.24, 2.45) is 0 Å². The van der Waals surface area contributed by atoms with E-state index in [4.69, 9.17) is 14.2 Å². The molecule has 10 heteroatoms. The first-order valence-electron chi connectivity index (χ1n) is 11.1. The van der Waals surface area contributed by atoms with E-state index >= 15 is 0 Å². The van der Waals surface area contributed by atoms with Gasteiger partial charge in [0.05, 0.1) is 36.8 Å². The predicted molar refractivity (Wildman–Crippen MR) is 144 cm³/mol. The van der Waals surface area contributed by atoms with Crippen molar-refractivity contribution < 1.29 is 23.8 Å². The van der Waals surface area contributed by atoms with Crippen LogP contribution in [0.25, 0.3) is 10.2 Å². The monoisotopic (exact) mass is 523 g/mol. The van der Waals surface area contributed by atoms with E-state index in [1.807, 2.05) is 43.3 Å². The molecule has 0 spiro atoms. The number of rotatable bonds is 10. The molecule has 0 radical (unpaired) electrons. The molecule has 0 aliphatic heterocycles. The molecule has 0 saturated heterocycles. The van der Waals surface area contributed by atoms with Gasteiger partial charge in [0.15, 0.2) is 15.8 Å². The Hall–Kier alpha value is -3.76. The van der Waals surface area contributed by atoms with Gasteiger partial charge in [-0.05, 0) is 67.6 Å². The van der Waals surface area contributed by atoms with Gasteiger partial charge in [0.1, 0.15) is 5.75 Å². The largest absolute Gasteiger partial charge is 0.494 e. The van der Waals surface area contributed by atoms with Gasteiger partial charge in [-0.25, -0.2) is 4.98 Å². The second-order valence-electron chi connectivity index (χ2n) is 7.48. The van der Waals surface area contributed by atoms with Crippen LogP contribution in [0.15, 0.2) is 65.0 Å². The number of thiazole rings is 1. The minimum absolute atomic E-state index is 0.119.